The molecule has 0 spiro atoms. The number of piperazine rings is 1. The monoisotopic (exact) mass is 346 g/mol. The second-order valence-electron chi connectivity index (χ2n) is 6.33. The first-order chi connectivity index (χ1) is 12.2. The summed E-state index contributed by atoms with van der Waals surface area (Å²) in [7, 11) is 0. The summed E-state index contributed by atoms with van der Waals surface area (Å²) < 4.78 is 10.7. The lowest BCUT2D eigenvalue weighted by atomic mass is 10.1. The summed E-state index contributed by atoms with van der Waals surface area (Å²) in [6, 6.07) is 8.13. The molecule has 1 fully saturated rings. The Labute approximate surface area is 148 Å². The minimum atomic E-state index is 0.0859. The Morgan fingerprint density at radius 2 is 1.80 bits per heavy atom. The van der Waals surface area contributed by atoms with E-state index in [2.05, 4.69) is 39.0 Å². The minimum absolute atomic E-state index is 0.0859. The quantitative estimate of drug-likeness (QED) is 0.719. The highest BCUT2D eigenvalue weighted by molar-refractivity contribution is 5.54. The fourth-order valence-electron chi connectivity index (χ4n) is 2.86. The normalized spacial score (nSPS) is 16.4. The fourth-order valence-corrected chi connectivity index (χ4v) is 2.86. The molecule has 0 amide bonds. The van der Waals surface area contributed by atoms with Crippen LogP contribution in [0, 0.1) is 6.92 Å². The molecule has 0 saturated carbocycles. The molecule has 25 heavy (non-hydrogen) atoms. The lowest BCUT2D eigenvalue weighted by Gasteiger charge is -2.33. The van der Waals surface area contributed by atoms with Crippen molar-refractivity contribution in [3.8, 4) is 11.4 Å². The highest BCUT2D eigenvalue weighted by Gasteiger charge is 2.19. The number of ether oxygens (including phenoxy) is 1. The van der Waals surface area contributed by atoms with Crippen molar-refractivity contribution in [1.29, 1.82) is 0 Å². The highest BCUT2D eigenvalue weighted by atomic mass is 16.5. The smallest absolute Gasteiger partial charge is 0.241 e. The molecule has 0 atom stereocenters. The predicted molar refractivity (Wildman–Crippen MR) is 94.1 cm³/mol. The molecule has 2 aromatic rings. The molecule has 0 unspecified atom stereocenters. The Hall–Kier alpha value is -1.80. The molecule has 1 aliphatic heterocycles. The summed E-state index contributed by atoms with van der Waals surface area (Å²) in [6.45, 7) is 8.78. The van der Waals surface area contributed by atoms with Gasteiger partial charge in [0.05, 0.1) is 26.4 Å². The minimum Gasteiger partial charge on any atom is -0.394 e. The second-order valence-corrected chi connectivity index (χ2v) is 6.33. The first-order valence-electron chi connectivity index (χ1n) is 8.77. The van der Waals surface area contributed by atoms with Gasteiger partial charge in [0.1, 0.15) is 0 Å². The Bertz CT molecular complexity index is 636. The molecule has 2 heterocycles. The molecular weight excluding hydrogens is 320 g/mol. The van der Waals surface area contributed by atoms with Gasteiger partial charge in [-0.2, -0.15) is 4.98 Å². The molecule has 0 aliphatic carbocycles. The third kappa shape index (κ3) is 5.34. The number of benzene rings is 1. The van der Waals surface area contributed by atoms with E-state index in [1.54, 1.807) is 0 Å². The number of aliphatic hydroxyl groups is 1. The van der Waals surface area contributed by atoms with Crippen LogP contribution in [0.5, 0.6) is 0 Å². The molecular formula is C18H26N4O3. The lowest BCUT2D eigenvalue weighted by molar-refractivity contribution is 0.0545. The van der Waals surface area contributed by atoms with Crippen molar-refractivity contribution in [2.45, 2.75) is 13.5 Å². The van der Waals surface area contributed by atoms with Crippen LogP contribution in [0.3, 0.4) is 0 Å². The van der Waals surface area contributed by atoms with Crippen molar-refractivity contribution < 1.29 is 14.4 Å². The van der Waals surface area contributed by atoms with Crippen LogP contribution >= 0.6 is 0 Å². The van der Waals surface area contributed by atoms with Gasteiger partial charge in [-0.3, -0.25) is 9.80 Å². The van der Waals surface area contributed by atoms with E-state index >= 15 is 0 Å². The van der Waals surface area contributed by atoms with Crippen LogP contribution in [0.1, 0.15) is 11.5 Å². The largest absolute Gasteiger partial charge is 0.394 e. The van der Waals surface area contributed by atoms with Crippen molar-refractivity contribution in [1.82, 2.24) is 19.9 Å². The van der Waals surface area contributed by atoms with Crippen LogP contribution in [0.15, 0.2) is 28.8 Å². The summed E-state index contributed by atoms with van der Waals surface area (Å²) in [6.07, 6.45) is 0. The predicted octanol–water partition coefficient (Wildman–Crippen LogP) is 1.17. The molecule has 1 N–H and O–H groups in total. The van der Waals surface area contributed by atoms with Gasteiger partial charge < -0.3 is 14.4 Å². The summed E-state index contributed by atoms with van der Waals surface area (Å²) >= 11 is 0. The Morgan fingerprint density at radius 1 is 1.08 bits per heavy atom. The molecule has 0 bridgehead atoms. The van der Waals surface area contributed by atoms with Gasteiger partial charge in [0.2, 0.25) is 11.7 Å². The first kappa shape index (κ1) is 18.0. The zero-order chi connectivity index (χ0) is 17.5. The Balaban J connectivity index is 1.44. The van der Waals surface area contributed by atoms with E-state index in [1.807, 2.05) is 12.1 Å². The maximum Gasteiger partial charge on any atom is 0.241 e. The third-order valence-corrected chi connectivity index (χ3v) is 4.39. The van der Waals surface area contributed by atoms with Crippen molar-refractivity contribution in [3.63, 3.8) is 0 Å². The number of aromatic nitrogens is 2. The zero-order valence-corrected chi connectivity index (χ0v) is 14.7. The molecule has 1 aliphatic rings. The van der Waals surface area contributed by atoms with Crippen LogP contribution in [0.2, 0.25) is 0 Å². The first-order valence-corrected chi connectivity index (χ1v) is 8.77. The Morgan fingerprint density at radius 3 is 2.52 bits per heavy atom. The number of nitrogens with zero attached hydrogens (tertiary/aromatic N) is 4. The molecule has 1 aromatic heterocycles. The van der Waals surface area contributed by atoms with E-state index in [4.69, 9.17) is 14.4 Å². The van der Waals surface area contributed by atoms with Gasteiger partial charge in [-0.25, -0.2) is 0 Å². The molecule has 1 saturated heterocycles. The maximum atomic E-state index is 8.70. The SMILES string of the molecule is Cc1ccc(-c2noc(CN3CCN(CCOCCO)CC3)n2)cc1. The van der Waals surface area contributed by atoms with Crippen molar-refractivity contribution in [3.05, 3.63) is 35.7 Å². The van der Waals surface area contributed by atoms with E-state index in [1.165, 1.54) is 5.56 Å². The van der Waals surface area contributed by atoms with Gasteiger partial charge in [-0.15, -0.1) is 0 Å². The number of hydrogen-bond donors (Lipinski definition) is 1. The van der Waals surface area contributed by atoms with E-state index in [0.717, 1.165) is 38.3 Å². The average molecular weight is 346 g/mol. The summed E-state index contributed by atoms with van der Waals surface area (Å²) in [5.41, 5.74) is 2.19. The van der Waals surface area contributed by atoms with E-state index < -0.39 is 0 Å². The van der Waals surface area contributed by atoms with Gasteiger partial charge >= 0.3 is 0 Å². The van der Waals surface area contributed by atoms with Crippen LogP contribution in [0.4, 0.5) is 0 Å². The molecule has 1 aromatic carbocycles. The van der Waals surface area contributed by atoms with Crippen LogP contribution in [-0.4, -0.2) is 77.6 Å². The maximum absolute atomic E-state index is 8.70. The molecule has 7 nitrogen and oxygen atoms in total. The van der Waals surface area contributed by atoms with Gasteiger partial charge in [0.25, 0.3) is 0 Å². The molecule has 136 valence electrons. The van der Waals surface area contributed by atoms with Crippen LogP contribution in [0.25, 0.3) is 11.4 Å². The van der Waals surface area contributed by atoms with Crippen LogP contribution < -0.4 is 0 Å². The van der Waals surface area contributed by atoms with Gasteiger partial charge in [-0.05, 0) is 6.92 Å². The number of rotatable bonds is 8. The zero-order valence-electron chi connectivity index (χ0n) is 14.7. The standard InChI is InChI=1S/C18H26N4O3/c1-15-2-4-16(5-3-15)18-19-17(25-20-18)14-22-8-6-21(7-9-22)10-12-24-13-11-23/h2-5,23H,6-14H2,1H3. The van der Waals surface area contributed by atoms with E-state index in [9.17, 15) is 0 Å². The van der Waals surface area contributed by atoms with Crippen molar-refractivity contribution in [2.24, 2.45) is 0 Å². The topological polar surface area (TPSA) is 74.9 Å². The average Bonchev–Trinajstić information content (AvgIpc) is 3.09. The fraction of sp³-hybridized carbons (Fsp3) is 0.556. The number of hydrogen-bond acceptors (Lipinski definition) is 7. The number of aliphatic hydroxyl groups excluding tert-OH is 1. The van der Waals surface area contributed by atoms with Crippen molar-refractivity contribution >= 4 is 0 Å². The van der Waals surface area contributed by atoms with E-state index in [0.29, 0.717) is 31.5 Å². The Kier molecular flexibility index (Phi) is 6.52. The molecule has 0 radical (unpaired) electrons. The van der Waals surface area contributed by atoms with Crippen LogP contribution in [-0.2, 0) is 11.3 Å². The van der Waals surface area contributed by atoms with Crippen molar-refractivity contribution in [2.75, 3.05) is 52.5 Å². The second kappa shape index (κ2) is 9.05. The lowest BCUT2D eigenvalue weighted by Crippen LogP contribution is -2.46. The highest BCUT2D eigenvalue weighted by Crippen LogP contribution is 2.17. The van der Waals surface area contributed by atoms with E-state index in [-0.39, 0.29) is 6.61 Å². The van der Waals surface area contributed by atoms with Gasteiger partial charge in [-0.1, -0.05) is 35.0 Å². The van der Waals surface area contributed by atoms with Gasteiger partial charge in [0, 0.05) is 38.3 Å². The summed E-state index contributed by atoms with van der Waals surface area (Å²) in [4.78, 5) is 9.22. The number of aryl methyl sites for hydroxylation is 1. The molecule has 7 heteroatoms. The summed E-state index contributed by atoms with van der Waals surface area (Å²) in [5.74, 6) is 1.31. The summed E-state index contributed by atoms with van der Waals surface area (Å²) in [5, 5.41) is 12.8. The van der Waals surface area contributed by atoms with Gasteiger partial charge in [0.15, 0.2) is 0 Å². The molecule has 3 rings (SSSR count). The third-order valence-electron chi connectivity index (χ3n) is 4.39.